The standard InChI is InChI=1S/C9H18BrNO/c1-5-8(6-2)11(4)9(12)7(3)10/h7-8H,5-6H2,1-4H3. The minimum absolute atomic E-state index is 0.0666. The number of alkyl halides is 1. The highest BCUT2D eigenvalue weighted by Gasteiger charge is 2.19. The molecule has 0 aliphatic carbocycles. The van der Waals surface area contributed by atoms with Gasteiger partial charge in [-0.3, -0.25) is 4.79 Å². The van der Waals surface area contributed by atoms with E-state index in [-0.39, 0.29) is 10.7 Å². The minimum atomic E-state index is -0.0666. The molecule has 0 saturated carbocycles. The van der Waals surface area contributed by atoms with Crippen molar-refractivity contribution in [3.63, 3.8) is 0 Å². The lowest BCUT2D eigenvalue weighted by Crippen LogP contribution is -2.39. The third-order valence-corrected chi connectivity index (χ3v) is 2.57. The van der Waals surface area contributed by atoms with Crippen LogP contribution in [0.25, 0.3) is 0 Å². The summed E-state index contributed by atoms with van der Waals surface area (Å²) in [6, 6.07) is 0.387. The number of carbonyl (C=O) groups excluding carboxylic acids is 1. The average Bonchev–Trinajstić information content (AvgIpc) is 2.05. The molecule has 72 valence electrons. The fourth-order valence-electron chi connectivity index (χ4n) is 1.30. The zero-order valence-electron chi connectivity index (χ0n) is 8.30. The zero-order chi connectivity index (χ0) is 9.72. The van der Waals surface area contributed by atoms with Gasteiger partial charge in [-0.25, -0.2) is 0 Å². The highest BCUT2D eigenvalue weighted by molar-refractivity contribution is 9.10. The van der Waals surface area contributed by atoms with E-state index in [0.717, 1.165) is 12.8 Å². The number of rotatable bonds is 4. The number of hydrogen-bond acceptors (Lipinski definition) is 1. The van der Waals surface area contributed by atoms with Crippen molar-refractivity contribution >= 4 is 21.8 Å². The summed E-state index contributed by atoms with van der Waals surface area (Å²) >= 11 is 3.28. The summed E-state index contributed by atoms with van der Waals surface area (Å²) in [6.07, 6.45) is 2.05. The lowest BCUT2D eigenvalue weighted by Gasteiger charge is -2.27. The number of amides is 1. The second kappa shape index (κ2) is 5.57. The van der Waals surface area contributed by atoms with E-state index in [4.69, 9.17) is 0 Å². The smallest absolute Gasteiger partial charge is 0.236 e. The van der Waals surface area contributed by atoms with Crippen molar-refractivity contribution in [1.29, 1.82) is 0 Å². The summed E-state index contributed by atoms with van der Waals surface area (Å²) in [5.41, 5.74) is 0. The molecule has 0 rings (SSSR count). The molecule has 3 heteroatoms. The molecule has 2 nitrogen and oxygen atoms in total. The molecule has 0 heterocycles. The van der Waals surface area contributed by atoms with Gasteiger partial charge in [0.1, 0.15) is 0 Å². The summed E-state index contributed by atoms with van der Waals surface area (Å²) < 4.78 is 0. The molecule has 0 aromatic carbocycles. The predicted molar refractivity (Wildman–Crippen MR) is 55.5 cm³/mol. The molecule has 1 amide bonds. The predicted octanol–water partition coefficient (Wildman–Crippen LogP) is 2.42. The summed E-state index contributed by atoms with van der Waals surface area (Å²) in [7, 11) is 1.87. The first kappa shape index (κ1) is 11.9. The fraction of sp³-hybridized carbons (Fsp3) is 0.889. The molecular formula is C9H18BrNO. The lowest BCUT2D eigenvalue weighted by atomic mass is 10.1. The second-order valence-electron chi connectivity index (χ2n) is 3.04. The van der Waals surface area contributed by atoms with Gasteiger partial charge in [-0.05, 0) is 19.8 Å². The van der Waals surface area contributed by atoms with E-state index in [0.29, 0.717) is 6.04 Å². The van der Waals surface area contributed by atoms with Crippen molar-refractivity contribution in [2.24, 2.45) is 0 Å². The molecule has 0 fully saturated rings. The number of nitrogens with zero attached hydrogens (tertiary/aromatic N) is 1. The second-order valence-corrected chi connectivity index (χ2v) is 4.41. The highest BCUT2D eigenvalue weighted by atomic mass is 79.9. The van der Waals surface area contributed by atoms with Crippen LogP contribution in [0.4, 0.5) is 0 Å². The highest BCUT2D eigenvalue weighted by Crippen LogP contribution is 2.10. The first-order valence-electron chi connectivity index (χ1n) is 4.45. The monoisotopic (exact) mass is 235 g/mol. The first-order chi connectivity index (χ1) is 5.54. The van der Waals surface area contributed by atoms with Crippen molar-refractivity contribution in [2.75, 3.05) is 7.05 Å². The van der Waals surface area contributed by atoms with Gasteiger partial charge in [0.15, 0.2) is 0 Å². The maximum absolute atomic E-state index is 11.5. The Kier molecular flexibility index (Phi) is 5.55. The van der Waals surface area contributed by atoms with Crippen LogP contribution in [-0.4, -0.2) is 28.7 Å². The molecule has 0 radical (unpaired) electrons. The van der Waals surface area contributed by atoms with Gasteiger partial charge in [0.25, 0.3) is 0 Å². The minimum Gasteiger partial charge on any atom is -0.342 e. The SMILES string of the molecule is CCC(CC)N(C)C(=O)C(C)Br. The zero-order valence-corrected chi connectivity index (χ0v) is 9.89. The lowest BCUT2D eigenvalue weighted by molar-refractivity contribution is -0.131. The van der Waals surface area contributed by atoms with Crippen LogP contribution in [0.2, 0.25) is 0 Å². The quantitative estimate of drug-likeness (QED) is 0.686. The van der Waals surface area contributed by atoms with Gasteiger partial charge in [0.2, 0.25) is 5.91 Å². The Morgan fingerprint density at radius 2 is 1.83 bits per heavy atom. The molecule has 1 atom stereocenters. The van der Waals surface area contributed by atoms with Crippen molar-refractivity contribution in [3.8, 4) is 0 Å². The Morgan fingerprint density at radius 3 is 2.08 bits per heavy atom. The molecular weight excluding hydrogens is 218 g/mol. The summed E-state index contributed by atoms with van der Waals surface area (Å²) in [5, 5.41) is 0. The summed E-state index contributed by atoms with van der Waals surface area (Å²) in [6.45, 7) is 6.08. The topological polar surface area (TPSA) is 20.3 Å². The third-order valence-electron chi connectivity index (χ3n) is 2.18. The van der Waals surface area contributed by atoms with Gasteiger partial charge in [-0.1, -0.05) is 29.8 Å². The van der Waals surface area contributed by atoms with Crippen molar-refractivity contribution in [2.45, 2.75) is 44.5 Å². The Labute approximate surface area is 83.4 Å². The van der Waals surface area contributed by atoms with Crippen LogP contribution in [-0.2, 0) is 4.79 Å². The molecule has 0 aromatic rings. The molecule has 0 aromatic heterocycles. The van der Waals surface area contributed by atoms with E-state index in [1.165, 1.54) is 0 Å². The van der Waals surface area contributed by atoms with Gasteiger partial charge in [-0.2, -0.15) is 0 Å². The van der Waals surface area contributed by atoms with Crippen molar-refractivity contribution in [1.82, 2.24) is 4.90 Å². The van der Waals surface area contributed by atoms with Crippen molar-refractivity contribution < 1.29 is 4.79 Å². The van der Waals surface area contributed by atoms with Gasteiger partial charge in [0.05, 0.1) is 4.83 Å². The number of carbonyl (C=O) groups is 1. The maximum Gasteiger partial charge on any atom is 0.236 e. The van der Waals surface area contributed by atoms with Gasteiger partial charge in [-0.15, -0.1) is 0 Å². The Balaban J connectivity index is 4.15. The Bertz CT molecular complexity index is 143. The largest absolute Gasteiger partial charge is 0.342 e. The van der Waals surface area contributed by atoms with Gasteiger partial charge >= 0.3 is 0 Å². The first-order valence-corrected chi connectivity index (χ1v) is 5.36. The van der Waals surface area contributed by atoms with Crippen LogP contribution < -0.4 is 0 Å². The molecule has 12 heavy (non-hydrogen) atoms. The third kappa shape index (κ3) is 3.13. The van der Waals surface area contributed by atoms with E-state index in [1.54, 1.807) is 0 Å². The van der Waals surface area contributed by atoms with Crippen LogP contribution >= 0.6 is 15.9 Å². The maximum atomic E-state index is 11.5. The molecule has 0 saturated heterocycles. The van der Waals surface area contributed by atoms with Crippen LogP contribution in [0.5, 0.6) is 0 Å². The number of halogens is 1. The molecule has 0 aliphatic rings. The van der Waals surface area contributed by atoms with Crippen LogP contribution in [0.1, 0.15) is 33.6 Å². The Morgan fingerprint density at radius 1 is 1.42 bits per heavy atom. The van der Waals surface area contributed by atoms with Gasteiger partial charge < -0.3 is 4.90 Å². The van der Waals surface area contributed by atoms with Crippen LogP contribution in [0, 0.1) is 0 Å². The van der Waals surface area contributed by atoms with Crippen LogP contribution in [0.15, 0.2) is 0 Å². The fourth-order valence-corrected chi connectivity index (χ4v) is 1.62. The number of hydrogen-bond donors (Lipinski definition) is 0. The molecule has 0 bridgehead atoms. The van der Waals surface area contributed by atoms with E-state index in [2.05, 4.69) is 29.8 Å². The van der Waals surface area contributed by atoms with E-state index < -0.39 is 0 Å². The average molecular weight is 236 g/mol. The summed E-state index contributed by atoms with van der Waals surface area (Å²) in [5.74, 6) is 0.170. The van der Waals surface area contributed by atoms with Crippen molar-refractivity contribution in [3.05, 3.63) is 0 Å². The van der Waals surface area contributed by atoms with Crippen LogP contribution in [0.3, 0.4) is 0 Å². The molecule has 0 aliphatic heterocycles. The molecule has 0 spiro atoms. The molecule has 0 N–H and O–H groups in total. The van der Waals surface area contributed by atoms with E-state index >= 15 is 0 Å². The Hall–Kier alpha value is -0.0500. The van der Waals surface area contributed by atoms with Gasteiger partial charge in [0, 0.05) is 13.1 Å². The summed E-state index contributed by atoms with van der Waals surface area (Å²) in [4.78, 5) is 13.2. The van der Waals surface area contributed by atoms with E-state index in [9.17, 15) is 4.79 Å². The normalized spacial score (nSPS) is 13.2. The molecule has 1 unspecified atom stereocenters. The van der Waals surface area contributed by atoms with E-state index in [1.807, 2.05) is 18.9 Å².